The molecule has 1 fully saturated rings. The summed E-state index contributed by atoms with van der Waals surface area (Å²) < 4.78 is 0. The number of piperazine rings is 1. The molecule has 1 aliphatic rings. The van der Waals surface area contributed by atoms with E-state index in [0.717, 1.165) is 19.0 Å². The Morgan fingerprint density at radius 3 is 2.48 bits per heavy atom. The third-order valence-electron chi connectivity index (χ3n) is 3.41. The Bertz CT molecular complexity index is 472. The van der Waals surface area contributed by atoms with Crippen molar-refractivity contribution in [2.75, 3.05) is 37.6 Å². The molecule has 7 heteroatoms. The zero-order valence-corrected chi connectivity index (χ0v) is 12.3. The predicted molar refractivity (Wildman–Crippen MR) is 78.7 cm³/mol. The minimum atomic E-state index is -0.0566. The summed E-state index contributed by atoms with van der Waals surface area (Å²) in [7, 11) is 0. The monoisotopic (exact) mass is 291 g/mol. The summed E-state index contributed by atoms with van der Waals surface area (Å²) in [5, 5.41) is 2.70. The highest BCUT2D eigenvalue weighted by molar-refractivity contribution is 5.76. The van der Waals surface area contributed by atoms with Crippen molar-refractivity contribution in [3.8, 4) is 0 Å². The molecule has 0 aromatic carbocycles. The van der Waals surface area contributed by atoms with Crippen LogP contribution in [0.25, 0.3) is 0 Å². The molecule has 114 valence electrons. The third-order valence-corrected chi connectivity index (χ3v) is 3.41. The van der Waals surface area contributed by atoms with Gasteiger partial charge in [0.1, 0.15) is 0 Å². The summed E-state index contributed by atoms with van der Waals surface area (Å²) in [5.41, 5.74) is 0. The summed E-state index contributed by atoms with van der Waals surface area (Å²) in [5.74, 6) is 0.808. The van der Waals surface area contributed by atoms with Crippen molar-refractivity contribution < 1.29 is 9.59 Å². The van der Waals surface area contributed by atoms with Crippen molar-refractivity contribution in [2.24, 2.45) is 0 Å². The van der Waals surface area contributed by atoms with Crippen LogP contribution >= 0.6 is 0 Å². The molecule has 1 N–H and O–H groups in total. The first-order valence-electron chi connectivity index (χ1n) is 7.21. The largest absolute Gasteiger partial charge is 0.356 e. The van der Waals surface area contributed by atoms with Crippen LogP contribution in [0.2, 0.25) is 0 Å². The van der Waals surface area contributed by atoms with Gasteiger partial charge in [0, 0.05) is 58.5 Å². The molecule has 0 unspecified atom stereocenters. The highest BCUT2D eigenvalue weighted by Gasteiger charge is 2.21. The second-order valence-corrected chi connectivity index (χ2v) is 5.00. The topological polar surface area (TPSA) is 78.4 Å². The second kappa shape index (κ2) is 7.56. The molecule has 2 amide bonds. The molecular weight excluding hydrogens is 270 g/mol. The molecule has 0 aliphatic carbocycles. The fourth-order valence-corrected chi connectivity index (χ4v) is 2.27. The maximum absolute atomic E-state index is 12.0. The summed E-state index contributed by atoms with van der Waals surface area (Å²) in [6, 6.07) is 1.79. The minimum absolute atomic E-state index is 0.0566. The molecule has 0 spiro atoms. The number of anilines is 1. The van der Waals surface area contributed by atoms with Gasteiger partial charge < -0.3 is 15.1 Å². The first-order chi connectivity index (χ1) is 10.2. The Morgan fingerprint density at radius 1 is 1.19 bits per heavy atom. The van der Waals surface area contributed by atoms with Crippen LogP contribution in [0, 0.1) is 0 Å². The van der Waals surface area contributed by atoms with Crippen molar-refractivity contribution >= 4 is 17.8 Å². The van der Waals surface area contributed by atoms with E-state index >= 15 is 0 Å². The van der Waals surface area contributed by atoms with E-state index < -0.39 is 0 Å². The molecule has 1 aromatic rings. The quantitative estimate of drug-likeness (QED) is 0.775. The van der Waals surface area contributed by atoms with E-state index in [0.29, 0.717) is 32.5 Å². The summed E-state index contributed by atoms with van der Waals surface area (Å²) in [6.45, 7) is 4.92. The Hall–Kier alpha value is -2.18. The van der Waals surface area contributed by atoms with Crippen molar-refractivity contribution in [3.63, 3.8) is 0 Å². The van der Waals surface area contributed by atoms with Crippen LogP contribution in [0.4, 0.5) is 5.95 Å². The number of hydrogen-bond acceptors (Lipinski definition) is 5. The van der Waals surface area contributed by atoms with Gasteiger partial charge in [0.25, 0.3) is 0 Å². The van der Waals surface area contributed by atoms with E-state index in [1.165, 1.54) is 6.92 Å². The van der Waals surface area contributed by atoms with Crippen LogP contribution in [0.3, 0.4) is 0 Å². The van der Waals surface area contributed by atoms with Crippen LogP contribution in [-0.4, -0.2) is 59.4 Å². The lowest BCUT2D eigenvalue weighted by molar-refractivity contribution is -0.131. The number of carbonyl (C=O) groups is 2. The molecule has 2 heterocycles. The molecular formula is C14H21N5O2. The number of nitrogens with zero attached hydrogens (tertiary/aromatic N) is 4. The number of hydrogen-bond donors (Lipinski definition) is 1. The Morgan fingerprint density at radius 2 is 1.86 bits per heavy atom. The smallest absolute Gasteiger partial charge is 0.225 e. The van der Waals surface area contributed by atoms with Crippen molar-refractivity contribution in [2.45, 2.75) is 19.8 Å². The van der Waals surface area contributed by atoms with Crippen molar-refractivity contribution in [1.29, 1.82) is 0 Å². The lowest BCUT2D eigenvalue weighted by Gasteiger charge is -2.34. The molecule has 0 radical (unpaired) electrons. The van der Waals surface area contributed by atoms with E-state index in [1.807, 2.05) is 4.90 Å². The van der Waals surface area contributed by atoms with Gasteiger partial charge in [0.2, 0.25) is 17.8 Å². The van der Waals surface area contributed by atoms with E-state index in [2.05, 4.69) is 20.2 Å². The first kappa shape index (κ1) is 15.2. The molecule has 0 bridgehead atoms. The second-order valence-electron chi connectivity index (χ2n) is 5.00. The molecule has 1 saturated heterocycles. The van der Waals surface area contributed by atoms with E-state index in [9.17, 15) is 9.59 Å². The van der Waals surface area contributed by atoms with Gasteiger partial charge >= 0.3 is 0 Å². The standard InChI is InChI=1S/C14H21N5O2/c1-12(20)15-5-2-4-13(21)18-8-10-19(11-9-18)14-16-6-3-7-17-14/h3,6-7H,2,4-5,8-11H2,1H3,(H,15,20). The lowest BCUT2D eigenvalue weighted by atomic mass is 10.2. The minimum Gasteiger partial charge on any atom is -0.356 e. The Balaban J connectivity index is 1.71. The lowest BCUT2D eigenvalue weighted by Crippen LogP contribution is -2.49. The maximum atomic E-state index is 12.0. The fraction of sp³-hybridized carbons (Fsp3) is 0.571. The van der Waals surface area contributed by atoms with Gasteiger partial charge in [-0.15, -0.1) is 0 Å². The van der Waals surface area contributed by atoms with Crippen LogP contribution < -0.4 is 10.2 Å². The molecule has 2 rings (SSSR count). The summed E-state index contributed by atoms with van der Waals surface area (Å²) >= 11 is 0. The van der Waals surface area contributed by atoms with Gasteiger partial charge in [-0.05, 0) is 12.5 Å². The SMILES string of the molecule is CC(=O)NCCCC(=O)N1CCN(c2ncccn2)CC1. The maximum Gasteiger partial charge on any atom is 0.225 e. The van der Waals surface area contributed by atoms with Crippen LogP contribution in [0.5, 0.6) is 0 Å². The predicted octanol–water partition coefficient (Wildman–Crippen LogP) is 0.0415. The first-order valence-corrected chi connectivity index (χ1v) is 7.21. The van der Waals surface area contributed by atoms with Gasteiger partial charge in [-0.3, -0.25) is 9.59 Å². The number of carbonyl (C=O) groups excluding carboxylic acids is 2. The zero-order valence-electron chi connectivity index (χ0n) is 12.3. The molecule has 7 nitrogen and oxygen atoms in total. The molecule has 0 saturated carbocycles. The van der Waals surface area contributed by atoms with Crippen molar-refractivity contribution in [3.05, 3.63) is 18.5 Å². The number of rotatable bonds is 5. The average Bonchev–Trinajstić information content (AvgIpc) is 2.52. The van der Waals surface area contributed by atoms with Gasteiger partial charge in [0.15, 0.2) is 0 Å². The zero-order chi connectivity index (χ0) is 15.1. The highest BCUT2D eigenvalue weighted by Crippen LogP contribution is 2.10. The summed E-state index contributed by atoms with van der Waals surface area (Å²) in [6.07, 6.45) is 4.60. The van der Waals surface area contributed by atoms with Gasteiger partial charge in [0.05, 0.1) is 0 Å². The number of nitrogens with one attached hydrogen (secondary N) is 1. The van der Waals surface area contributed by atoms with Gasteiger partial charge in [-0.25, -0.2) is 9.97 Å². The van der Waals surface area contributed by atoms with Crippen molar-refractivity contribution in [1.82, 2.24) is 20.2 Å². The number of amides is 2. The third kappa shape index (κ3) is 4.70. The summed E-state index contributed by atoms with van der Waals surface area (Å²) in [4.78, 5) is 35.2. The Kier molecular flexibility index (Phi) is 5.48. The average molecular weight is 291 g/mol. The normalized spacial score (nSPS) is 14.9. The molecule has 1 aromatic heterocycles. The highest BCUT2D eigenvalue weighted by atomic mass is 16.2. The molecule has 1 aliphatic heterocycles. The number of aromatic nitrogens is 2. The van der Waals surface area contributed by atoms with E-state index in [1.54, 1.807) is 18.5 Å². The Labute approximate surface area is 124 Å². The van der Waals surface area contributed by atoms with Gasteiger partial charge in [-0.1, -0.05) is 0 Å². The van der Waals surface area contributed by atoms with E-state index in [4.69, 9.17) is 0 Å². The van der Waals surface area contributed by atoms with Crippen LogP contribution in [-0.2, 0) is 9.59 Å². The van der Waals surface area contributed by atoms with Crippen LogP contribution in [0.15, 0.2) is 18.5 Å². The molecule has 21 heavy (non-hydrogen) atoms. The molecule has 0 atom stereocenters. The van der Waals surface area contributed by atoms with Gasteiger partial charge in [-0.2, -0.15) is 0 Å². The van der Waals surface area contributed by atoms with E-state index in [-0.39, 0.29) is 11.8 Å². The fourth-order valence-electron chi connectivity index (χ4n) is 2.27. The van der Waals surface area contributed by atoms with Crippen LogP contribution in [0.1, 0.15) is 19.8 Å².